The number of nitrogens with zero attached hydrogens (tertiary/aromatic N) is 1. The van der Waals surface area contributed by atoms with Crippen LogP contribution in [0.4, 0.5) is 18.9 Å². The van der Waals surface area contributed by atoms with E-state index < -0.39 is 23.9 Å². The monoisotopic (exact) mass is 456 g/mol. The minimum absolute atomic E-state index is 0.0392. The molecule has 33 heavy (non-hydrogen) atoms. The molecule has 4 rings (SSSR count). The van der Waals surface area contributed by atoms with Crippen LogP contribution in [0.25, 0.3) is 5.57 Å². The van der Waals surface area contributed by atoms with E-state index in [1.165, 1.54) is 18.4 Å². The molecule has 0 radical (unpaired) electrons. The molecule has 1 aromatic heterocycles. The van der Waals surface area contributed by atoms with Crippen LogP contribution in [0.3, 0.4) is 0 Å². The Labute approximate surface area is 187 Å². The molecule has 0 unspecified atom stereocenters. The first-order valence-corrected chi connectivity index (χ1v) is 9.96. The van der Waals surface area contributed by atoms with Crippen LogP contribution in [0.5, 0.6) is 5.75 Å². The van der Waals surface area contributed by atoms with Crippen molar-refractivity contribution in [1.29, 1.82) is 0 Å². The Kier molecular flexibility index (Phi) is 5.71. The third kappa shape index (κ3) is 4.77. The zero-order chi connectivity index (χ0) is 23.8. The van der Waals surface area contributed by atoms with Gasteiger partial charge in [-0.3, -0.25) is 14.5 Å². The summed E-state index contributed by atoms with van der Waals surface area (Å²) in [4.78, 5) is 27.6. The summed E-state index contributed by atoms with van der Waals surface area (Å²) in [6.07, 6.45) is -3.43. The minimum atomic E-state index is -4.86. The summed E-state index contributed by atoms with van der Waals surface area (Å²) in [6, 6.07) is 13.8. The van der Waals surface area contributed by atoms with Crippen LogP contribution in [0.15, 0.2) is 71.0 Å². The van der Waals surface area contributed by atoms with Gasteiger partial charge in [0, 0.05) is 11.8 Å². The van der Waals surface area contributed by atoms with Gasteiger partial charge in [0.15, 0.2) is 0 Å². The Hall–Kier alpha value is -4.01. The summed E-state index contributed by atoms with van der Waals surface area (Å²) in [5.74, 6) is -1.19. The van der Waals surface area contributed by atoms with Gasteiger partial charge in [0.1, 0.15) is 17.2 Å². The summed E-state index contributed by atoms with van der Waals surface area (Å²) in [5, 5.41) is 2.84. The van der Waals surface area contributed by atoms with Gasteiger partial charge < -0.3 is 14.5 Å². The zero-order valence-electron chi connectivity index (χ0n) is 17.7. The Morgan fingerprint density at radius 3 is 2.45 bits per heavy atom. The third-order valence-electron chi connectivity index (χ3n) is 5.05. The summed E-state index contributed by atoms with van der Waals surface area (Å²) in [6.45, 7) is 3.64. The van der Waals surface area contributed by atoms with Crippen LogP contribution in [-0.4, -0.2) is 23.1 Å². The van der Waals surface area contributed by atoms with Gasteiger partial charge in [-0.15, -0.1) is 13.2 Å². The van der Waals surface area contributed by atoms with Crippen molar-refractivity contribution < 1.29 is 31.9 Å². The van der Waals surface area contributed by atoms with E-state index in [4.69, 9.17) is 4.42 Å². The minimum Gasteiger partial charge on any atom is -0.467 e. The number of furan rings is 1. The fourth-order valence-corrected chi connectivity index (χ4v) is 3.65. The molecule has 0 fully saturated rings. The molecule has 0 bridgehead atoms. The normalized spacial score (nSPS) is 14.3. The van der Waals surface area contributed by atoms with Gasteiger partial charge in [0.25, 0.3) is 11.8 Å². The number of nitrogens with one attached hydrogen (secondary N) is 1. The maximum atomic E-state index is 13.3. The molecule has 0 spiro atoms. The lowest BCUT2D eigenvalue weighted by atomic mass is 9.97. The molecule has 2 heterocycles. The number of carbonyl (C=O) groups is 2. The smallest absolute Gasteiger partial charge is 0.467 e. The molecule has 3 aromatic rings. The van der Waals surface area contributed by atoms with Crippen LogP contribution in [0.2, 0.25) is 0 Å². The van der Waals surface area contributed by atoms with E-state index in [1.54, 1.807) is 18.2 Å². The number of carbonyl (C=O) groups excluding carboxylic acids is 2. The lowest BCUT2D eigenvalue weighted by Gasteiger charge is -2.14. The highest BCUT2D eigenvalue weighted by Gasteiger charge is 2.40. The Balaban J connectivity index is 1.75. The average Bonchev–Trinajstić information content (AvgIpc) is 3.31. The van der Waals surface area contributed by atoms with Gasteiger partial charge in [0.2, 0.25) is 0 Å². The van der Waals surface area contributed by atoms with E-state index in [1.807, 2.05) is 26.0 Å². The molecule has 2 amide bonds. The number of hydrogen-bond donors (Lipinski definition) is 1. The SMILES string of the molecule is Cc1ccc(C2=C(Nc3cccc(OC(F)(F)F)c3)C(=O)N(Cc3ccco3)C2=O)c(C)c1. The number of ether oxygens (including phenoxy) is 1. The van der Waals surface area contributed by atoms with E-state index in [0.29, 0.717) is 11.3 Å². The van der Waals surface area contributed by atoms with Crippen molar-refractivity contribution in [1.82, 2.24) is 4.90 Å². The lowest BCUT2D eigenvalue weighted by molar-refractivity contribution is -0.274. The first-order chi connectivity index (χ1) is 15.6. The molecule has 9 heteroatoms. The molecule has 0 saturated carbocycles. The number of alkyl halides is 3. The second-order valence-electron chi connectivity index (χ2n) is 7.54. The van der Waals surface area contributed by atoms with Gasteiger partial charge in [-0.2, -0.15) is 0 Å². The topological polar surface area (TPSA) is 71.8 Å². The van der Waals surface area contributed by atoms with Crippen molar-refractivity contribution in [3.05, 3.63) is 89.0 Å². The van der Waals surface area contributed by atoms with Crippen molar-refractivity contribution >= 4 is 23.1 Å². The molecule has 1 N–H and O–H groups in total. The van der Waals surface area contributed by atoms with Crippen LogP contribution in [0.1, 0.15) is 22.5 Å². The van der Waals surface area contributed by atoms with Crippen molar-refractivity contribution in [2.24, 2.45) is 0 Å². The number of halogens is 3. The third-order valence-corrected chi connectivity index (χ3v) is 5.05. The van der Waals surface area contributed by atoms with Gasteiger partial charge in [-0.05, 0) is 49.2 Å². The van der Waals surface area contributed by atoms with Gasteiger partial charge in [-0.1, -0.05) is 29.8 Å². The maximum Gasteiger partial charge on any atom is 0.573 e. The predicted octanol–water partition coefficient (Wildman–Crippen LogP) is 5.19. The number of aryl methyl sites for hydroxylation is 2. The molecule has 1 aliphatic heterocycles. The first kappa shape index (κ1) is 22.2. The summed E-state index contributed by atoms with van der Waals surface area (Å²) < 4.78 is 47.1. The molecular formula is C24H19F3N2O4. The van der Waals surface area contributed by atoms with Crippen molar-refractivity contribution in [3.8, 4) is 5.75 Å². The van der Waals surface area contributed by atoms with Gasteiger partial charge >= 0.3 is 6.36 Å². The number of imide groups is 1. The Bertz CT molecular complexity index is 1250. The number of hydrogen-bond acceptors (Lipinski definition) is 5. The van der Waals surface area contributed by atoms with Crippen LogP contribution < -0.4 is 10.1 Å². The van der Waals surface area contributed by atoms with Crippen molar-refractivity contribution in [3.63, 3.8) is 0 Å². The van der Waals surface area contributed by atoms with E-state index in [0.717, 1.165) is 28.2 Å². The fraction of sp³-hybridized carbons (Fsp3) is 0.167. The molecule has 0 atom stereocenters. The van der Waals surface area contributed by atoms with Gasteiger partial charge in [-0.25, -0.2) is 0 Å². The number of amides is 2. The quantitative estimate of drug-likeness (QED) is 0.517. The van der Waals surface area contributed by atoms with Crippen LogP contribution in [-0.2, 0) is 16.1 Å². The standard InChI is InChI=1S/C24H19F3N2O4/c1-14-8-9-19(15(2)11-14)20-21(23(31)29(22(20)30)13-18-7-4-10-32-18)28-16-5-3-6-17(12-16)33-24(25,26)27/h3-12,28H,13H2,1-2H3. The van der Waals surface area contributed by atoms with E-state index in [9.17, 15) is 22.8 Å². The Morgan fingerprint density at radius 1 is 1.00 bits per heavy atom. The number of rotatable bonds is 6. The van der Waals surface area contributed by atoms with Crippen LogP contribution >= 0.6 is 0 Å². The summed E-state index contributed by atoms with van der Waals surface area (Å²) in [7, 11) is 0. The van der Waals surface area contributed by atoms with Crippen molar-refractivity contribution in [2.75, 3.05) is 5.32 Å². The molecule has 0 saturated heterocycles. The number of anilines is 1. The van der Waals surface area contributed by atoms with Crippen molar-refractivity contribution in [2.45, 2.75) is 26.8 Å². The highest BCUT2D eigenvalue weighted by Crippen LogP contribution is 2.34. The molecule has 2 aromatic carbocycles. The highest BCUT2D eigenvalue weighted by molar-refractivity contribution is 6.36. The van der Waals surface area contributed by atoms with Gasteiger partial charge in [0.05, 0.1) is 18.4 Å². The molecule has 6 nitrogen and oxygen atoms in total. The molecule has 0 aliphatic carbocycles. The van der Waals surface area contributed by atoms with E-state index in [2.05, 4.69) is 10.1 Å². The summed E-state index contributed by atoms with van der Waals surface area (Å²) >= 11 is 0. The maximum absolute atomic E-state index is 13.3. The zero-order valence-corrected chi connectivity index (χ0v) is 17.7. The molecule has 170 valence electrons. The Morgan fingerprint density at radius 2 is 1.79 bits per heavy atom. The first-order valence-electron chi connectivity index (χ1n) is 9.96. The van der Waals surface area contributed by atoms with E-state index >= 15 is 0 Å². The second-order valence-corrected chi connectivity index (χ2v) is 7.54. The van der Waals surface area contributed by atoms with Crippen LogP contribution in [0, 0.1) is 13.8 Å². The predicted molar refractivity (Wildman–Crippen MR) is 114 cm³/mol. The second kappa shape index (κ2) is 8.50. The number of benzene rings is 2. The van der Waals surface area contributed by atoms with E-state index in [-0.39, 0.29) is 23.5 Å². The molecule has 1 aliphatic rings. The lowest BCUT2D eigenvalue weighted by Crippen LogP contribution is -2.31. The largest absolute Gasteiger partial charge is 0.573 e. The fourth-order valence-electron chi connectivity index (χ4n) is 3.65. The highest BCUT2D eigenvalue weighted by atomic mass is 19.4. The molecular weight excluding hydrogens is 437 g/mol. The summed E-state index contributed by atoms with van der Waals surface area (Å²) in [5.41, 5.74) is 2.56. The average molecular weight is 456 g/mol.